The molecular formula is C11H15Cl2F2NO2S. The Morgan fingerprint density at radius 2 is 1.79 bits per heavy atom. The molecule has 8 heteroatoms. The molecule has 0 N–H and O–H groups in total. The average molecular weight is 334 g/mol. The van der Waals surface area contributed by atoms with Crippen LogP contribution in [0.25, 0.3) is 0 Å². The highest BCUT2D eigenvalue weighted by molar-refractivity contribution is 7.89. The third kappa shape index (κ3) is 3.06. The van der Waals surface area contributed by atoms with Crippen LogP contribution in [0, 0.1) is 5.41 Å². The third-order valence-corrected chi connectivity index (χ3v) is 7.19. The minimum atomic E-state index is -3.50. The van der Waals surface area contributed by atoms with Crippen LogP contribution in [-0.2, 0) is 10.0 Å². The van der Waals surface area contributed by atoms with E-state index in [1.807, 2.05) is 0 Å². The summed E-state index contributed by atoms with van der Waals surface area (Å²) in [6, 6.07) is 0. The maximum absolute atomic E-state index is 12.4. The molecule has 1 aliphatic carbocycles. The number of halogens is 4. The molecule has 3 nitrogen and oxygen atoms in total. The van der Waals surface area contributed by atoms with Crippen molar-refractivity contribution in [1.82, 2.24) is 4.31 Å². The highest BCUT2D eigenvalue weighted by Crippen LogP contribution is 2.64. The molecule has 2 rings (SSSR count). The van der Waals surface area contributed by atoms with Crippen molar-refractivity contribution in [2.45, 2.75) is 30.5 Å². The van der Waals surface area contributed by atoms with E-state index in [1.165, 1.54) is 4.31 Å². The maximum atomic E-state index is 12.4. The number of hydrogen-bond donors (Lipinski definition) is 0. The quantitative estimate of drug-likeness (QED) is 0.744. The minimum absolute atomic E-state index is 0.0492. The van der Waals surface area contributed by atoms with Crippen LogP contribution in [-0.4, -0.2) is 35.9 Å². The molecule has 1 atom stereocenters. The molecule has 1 saturated carbocycles. The first kappa shape index (κ1) is 15.5. The predicted molar refractivity (Wildman–Crippen MR) is 71.0 cm³/mol. The monoisotopic (exact) mass is 333 g/mol. The Bertz CT molecular complexity index is 507. The first-order valence-electron chi connectivity index (χ1n) is 5.96. The summed E-state index contributed by atoms with van der Waals surface area (Å²) in [7, 11) is -3.50. The second-order valence-electron chi connectivity index (χ2n) is 5.46. The fourth-order valence-corrected chi connectivity index (χ4v) is 5.28. The van der Waals surface area contributed by atoms with Crippen molar-refractivity contribution >= 4 is 33.2 Å². The zero-order valence-corrected chi connectivity index (χ0v) is 12.8. The Morgan fingerprint density at radius 1 is 1.32 bits per heavy atom. The second-order valence-corrected chi connectivity index (χ2v) is 8.91. The van der Waals surface area contributed by atoms with Gasteiger partial charge in [0.05, 0.1) is 5.75 Å². The summed E-state index contributed by atoms with van der Waals surface area (Å²) in [5.74, 6) is -0.135. The van der Waals surface area contributed by atoms with E-state index in [1.54, 1.807) is 6.92 Å². The Morgan fingerprint density at radius 3 is 2.16 bits per heavy atom. The van der Waals surface area contributed by atoms with Gasteiger partial charge in [-0.3, -0.25) is 0 Å². The molecule has 110 valence electrons. The first-order valence-corrected chi connectivity index (χ1v) is 8.33. The molecular weight excluding hydrogens is 319 g/mol. The minimum Gasteiger partial charge on any atom is -0.212 e. The van der Waals surface area contributed by atoms with Crippen molar-refractivity contribution in [2.24, 2.45) is 5.41 Å². The van der Waals surface area contributed by atoms with Crippen LogP contribution in [0.4, 0.5) is 8.78 Å². The van der Waals surface area contributed by atoms with Gasteiger partial charge in [-0.1, -0.05) is 6.92 Å². The molecule has 2 fully saturated rings. The Balaban J connectivity index is 2.01. The lowest BCUT2D eigenvalue weighted by Gasteiger charge is -2.28. The Hall–Kier alpha value is 0.0900. The van der Waals surface area contributed by atoms with Crippen LogP contribution >= 0.6 is 23.2 Å². The van der Waals surface area contributed by atoms with Crippen LogP contribution in [0.2, 0.25) is 0 Å². The number of hydrogen-bond acceptors (Lipinski definition) is 2. The second kappa shape index (κ2) is 4.83. The van der Waals surface area contributed by atoms with E-state index < -0.39 is 25.9 Å². The smallest absolute Gasteiger partial charge is 0.212 e. The van der Waals surface area contributed by atoms with E-state index in [9.17, 15) is 17.2 Å². The normalized spacial score (nSPS) is 31.3. The third-order valence-electron chi connectivity index (χ3n) is 3.86. The summed E-state index contributed by atoms with van der Waals surface area (Å²) in [5, 5.41) is 0. The van der Waals surface area contributed by atoms with Gasteiger partial charge in [0.1, 0.15) is 4.33 Å². The molecule has 0 aromatic carbocycles. The van der Waals surface area contributed by atoms with Crippen LogP contribution in [0.3, 0.4) is 0 Å². The molecule has 0 amide bonds. The summed E-state index contributed by atoms with van der Waals surface area (Å²) >= 11 is 11.9. The standard InChI is InChI=1S/C11H15Cl2F2NO2S/c1-10(6-11(10,12)13)7-19(17,18)16-4-2-8(3-5-16)9(14)15/h2-7H2,1H3. The van der Waals surface area contributed by atoms with Crippen LogP contribution in [0.5, 0.6) is 0 Å². The van der Waals surface area contributed by atoms with Gasteiger partial charge in [-0.15, -0.1) is 23.2 Å². The average Bonchev–Trinajstić information content (AvgIpc) is 2.75. The van der Waals surface area contributed by atoms with Gasteiger partial charge in [0.2, 0.25) is 10.0 Å². The predicted octanol–water partition coefficient (Wildman–Crippen LogP) is 3.15. The van der Waals surface area contributed by atoms with Crippen molar-refractivity contribution in [1.29, 1.82) is 0 Å². The molecule has 2 aliphatic rings. The molecule has 1 saturated heterocycles. The van der Waals surface area contributed by atoms with E-state index in [0.29, 0.717) is 6.42 Å². The van der Waals surface area contributed by atoms with Crippen molar-refractivity contribution in [3.8, 4) is 0 Å². The topological polar surface area (TPSA) is 37.4 Å². The van der Waals surface area contributed by atoms with Gasteiger partial charge in [0.15, 0.2) is 0 Å². The molecule has 19 heavy (non-hydrogen) atoms. The van der Waals surface area contributed by atoms with Crippen molar-refractivity contribution in [3.05, 3.63) is 11.7 Å². The van der Waals surface area contributed by atoms with E-state index in [-0.39, 0.29) is 37.3 Å². The molecule has 0 radical (unpaired) electrons. The number of piperidine rings is 1. The van der Waals surface area contributed by atoms with E-state index in [2.05, 4.69) is 0 Å². The lowest BCUT2D eigenvalue weighted by Crippen LogP contribution is -2.40. The van der Waals surface area contributed by atoms with Crippen LogP contribution in [0.15, 0.2) is 11.7 Å². The number of sulfonamides is 1. The van der Waals surface area contributed by atoms with Crippen molar-refractivity contribution < 1.29 is 17.2 Å². The molecule has 0 aromatic rings. The highest BCUT2D eigenvalue weighted by atomic mass is 35.5. The van der Waals surface area contributed by atoms with E-state index in [4.69, 9.17) is 23.2 Å². The largest absolute Gasteiger partial charge is 0.269 e. The fourth-order valence-electron chi connectivity index (χ4n) is 2.32. The zero-order valence-electron chi connectivity index (χ0n) is 10.4. The summed E-state index contributed by atoms with van der Waals surface area (Å²) in [6.45, 7) is 1.92. The number of rotatable bonds is 3. The van der Waals surface area contributed by atoms with Gasteiger partial charge in [-0.2, -0.15) is 8.78 Å². The molecule has 0 bridgehead atoms. The fraction of sp³-hybridized carbons (Fsp3) is 0.818. The number of alkyl halides is 2. The first-order chi connectivity index (χ1) is 8.57. The number of nitrogens with zero attached hydrogens (tertiary/aromatic N) is 1. The highest BCUT2D eigenvalue weighted by Gasteiger charge is 2.64. The van der Waals surface area contributed by atoms with Crippen LogP contribution < -0.4 is 0 Å². The van der Waals surface area contributed by atoms with E-state index in [0.717, 1.165) is 0 Å². The lowest BCUT2D eigenvalue weighted by molar-refractivity contribution is 0.348. The summed E-state index contributed by atoms with van der Waals surface area (Å²) < 4.78 is 49.5. The molecule has 1 heterocycles. The van der Waals surface area contributed by atoms with Gasteiger partial charge in [-0.05, 0) is 24.8 Å². The van der Waals surface area contributed by atoms with Gasteiger partial charge >= 0.3 is 0 Å². The SMILES string of the molecule is CC1(CS(=O)(=O)N2CCC(=C(F)F)CC2)CC1(Cl)Cl. The van der Waals surface area contributed by atoms with Crippen molar-refractivity contribution in [3.63, 3.8) is 0 Å². The molecule has 1 unspecified atom stereocenters. The summed E-state index contributed by atoms with van der Waals surface area (Å²) in [6.07, 6.45) is -1.08. The Labute approximate surface area is 121 Å². The summed E-state index contributed by atoms with van der Waals surface area (Å²) in [4.78, 5) is 0. The van der Waals surface area contributed by atoms with Crippen LogP contribution in [0.1, 0.15) is 26.2 Å². The molecule has 0 spiro atoms. The van der Waals surface area contributed by atoms with Gasteiger partial charge < -0.3 is 0 Å². The zero-order chi connectivity index (χ0) is 14.5. The van der Waals surface area contributed by atoms with Gasteiger partial charge in [0, 0.05) is 18.5 Å². The van der Waals surface area contributed by atoms with E-state index >= 15 is 0 Å². The van der Waals surface area contributed by atoms with Gasteiger partial charge in [-0.25, -0.2) is 12.7 Å². The molecule has 0 aromatic heterocycles. The van der Waals surface area contributed by atoms with Gasteiger partial charge in [0.25, 0.3) is 6.08 Å². The Kier molecular flexibility index (Phi) is 3.93. The molecule has 1 aliphatic heterocycles. The maximum Gasteiger partial charge on any atom is 0.269 e. The van der Waals surface area contributed by atoms with Crippen molar-refractivity contribution in [2.75, 3.05) is 18.8 Å². The summed E-state index contributed by atoms with van der Waals surface area (Å²) in [5.41, 5.74) is -0.593. The lowest BCUT2D eigenvalue weighted by atomic mass is 10.1.